The van der Waals surface area contributed by atoms with Crippen molar-refractivity contribution in [2.45, 2.75) is 32.2 Å². The third-order valence-corrected chi connectivity index (χ3v) is 5.97. The van der Waals surface area contributed by atoms with E-state index < -0.39 is 0 Å². The fourth-order valence-electron chi connectivity index (χ4n) is 4.33. The molecular formula is C19H26ClN5O. The van der Waals surface area contributed by atoms with Crippen LogP contribution in [0.5, 0.6) is 0 Å². The van der Waals surface area contributed by atoms with Gasteiger partial charge in [-0.25, -0.2) is 4.98 Å². The lowest BCUT2D eigenvalue weighted by atomic mass is 10.1. The fourth-order valence-corrected chi connectivity index (χ4v) is 4.50. The second kappa shape index (κ2) is 6.83. The Hall–Kier alpha value is -1.63. The largest absolute Gasteiger partial charge is 0.396 e. The molecule has 0 spiro atoms. The summed E-state index contributed by atoms with van der Waals surface area (Å²) >= 11 is 6.14. The maximum absolute atomic E-state index is 9.02. The Morgan fingerprint density at radius 3 is 2.65 bits per heavy atom. The average Bonchev–Trinajstić information content (AvgIpc) is 3.00. The van der Waals surface area contributed by atoms with Crippen molar-refractivity contribution in [3.05, 3.63) is 29.0 Å². The molecule has 3 N–H and O–H groups in total. The maximum Gasteiger partial charge on any atom is 0.142 e. The van der Waals surface area contributed by atoms with E-state index in [4.69, 9.17) is 27.5 Å². The van der Waals surface area contributed by atoms with Gasteiger partial charge < -0.3 is 15.7 Å². The van der Waals surface area contributed by atoms with Gasteiger partial charge in [0.2, 0.25) is 0 Å². The summed E-state index contributed by atoms with van der Waals surface area (Å²) in [5.41, 5.74) is 8.86. The van der Waals surface area contributed by atoms with E-state index >= 15 is 0 Å². The smallest absolute Gasteiger partial charge is 0.142 e. The van der Waals surface area contributed by atoms with Crippen LogP contribution in [0.3, 0.4) is 0 Å². The van der Waals surface area contributed by atoms with E-state index in [0.29, 0.717) is 34.6 Å². The van der Waals surface area contributed by atoms with Gasteiger partial charge in [-0.15, -0.1) is 0 Å². The molecule has 26 heavy (non-hydrogen) atoms. The first-order valence-electron chi connectivity index (χ1n) is 9.33. The number of likely N-dealkylation sites (tertiary alicyclic amines) is 1. The summed E-state index contributed by atoms with van der Waals surface area (Å²) < 4.78 is 2.15. The predicted octanol–water partition coefficient (Wildman–Crippen LogP) is 2.79. The minimum atomic E-state index is 0.275. The van der Waals surface area contributed by atoms with Crippen molar-refractivity contribution in [3.8, 4) is 11.3 Å². The number of rotatable bonds is 6. The summed E-state index contributed by atoms with van der Waals surface area (Å²) in [6.07, 6.45) is 2.60. The van der Waals surface area contributed by atoms with Gasteiger partial charge in [0.15, 0.2) is 0 Å². The van der Waals surface area contributed by atoms with Crippen LogP contribution in [0.2, 0.25) is 5.02 Å². The Kier molecular flexibility index (Phi) is 4.67. The van der Waals surface area contributed by atoms with Crippen molar-refractivity contribution in [3.63, 3.8) is 0 Å². The zero-order valence-electron chi connectivity index (χ0n) is 15.3. The number of anilines is 1. The lowest BCUT2D eigenvalue weighted by Crippen LogP contribution is -2.26. The minimum Gasteiger partial charge on any atom is -0.396 e. The van der Waals surface area contributed by atoms with Crippen molar-refractivity contribution < 1.29 is 5.11 Å². The normalized spacial score (nSPS) is 25.0. The van der Waals surface area contributed by atoms with Crippen molar-refractivity contribution in [1.82, 2.24) is 19.7 Å². The van der Waals surface area contributed by atoms with Crippen LogP contribution in [0.15, 0.2) is 18.3 Å². The molecule has 3 heterocycles. The van der Waals surface area contributed by atoms with Gasteiger partial charge in [-0.1, -0.05) is 11.6 Å². The van der Waals surface area contributed by atoms with E-state index in [0.717, 1.165) is 37.3 Å². The summed E-state index contributed by atoms with van der Waals surface area (Å²) in [5.74, 6) is 2.35. The van der Waals surface area contributed by atoms with Gasteiger partial charge in [0.05, 0.1) is 10.7 Å². The zero-order valence-corrected chi connectivity index (χ0v) is 16.0. The highest BCUT2D eigenvalue weighted by Crippen LogP contribution is 2.58. The highest BCUT2D eigenvalue weighted by atomic mass is 35.5. The third kappa shape index (κ3) is 3.10. The van der Waals surface area contributed by atoms with E-state index in [9.17, 15) is 0 Å². The maximum atomic E-state index is 9.02. The molecule has 0 unspecified atom stereocenters. The van der Waals surface area contributed by atoms with E-state index in [1.165, 1.54) is 5.69 Å². The van der Waals surface area contributed by atoms with Crippen LogP contribution in [-0.4, -0.2) is 51.0 Å². The van der Waals surface area contributed by atoms with Gasteiger partial charge >= 0.3 is 0 Å². The van der Waals surface area contributed by atoms with Gasteiger partial charge in [0, 0.05) is 55.7 Å². The molecule has 1 saturated carbocycles. The number of nitrogens with zero attached hydrogens (tertiary/aromatic N) is 4. The molecule has 1 aliphatic heterocycles. The molecule has 1 saturated heterocycles. The van der Waals surface area contributed by atoms with E-state index in [2.05, 4.69) is 34.5 Å². The quantitative estimate of drug-likeness (QED) is 0.811. The molecule has 2 aliphatic rings. The lowest BCUT2D eigenvalue weighted by molar-refractivity contribution is 0.234. The van der Waals surface area contributed by atoms with Gasteiger partial charge in [-0.05, 0) is 44.2 Å². The topological polar surface area (TPSA) is 80.2 Å². The second-order valence-corrected chi connectivity index (χ2v) is 8.18. The second-order valence-electron chi connectivity index (χ2n) is 7.77. The molecular weight excluding hydrogens is 350 g/mol. The molecule has 6 nitrogen and oxygen atoms in total. The van der Waals surface area contributed by atoms with Crippen molar-refractivity contribution in [1.29, 1.82) is 0 Å². The number of hydrogen-bond acceptors (Lipinski definition) is 5. The molecule has 2 aromatic rings. The van der Waals surface area contributed by atoms with Crippen LogP contribution in [0.4, 0.5) is 5.82 Å². The van der Waals surface area contributed by atoms with Crippen LogP contribution in [0, 0.1) is 11.8 Å². The van der Waals surface area contributed by atoms with E-state index in [-0.39, 0.29) is 6.61 Å². The van der Waals surface area contributed by atoms with Crippen LogP contribution in [0.25, 0.3) is 11.3 Å². The molecule has 1 aliphatic carbocycles. The molecule has 7 heteroatoms. The summed E-state index contributed by atoms with van der Waals surface area (Å²) in [5, 5.41) is 14.3. The van der Waals surface area contributed by atoms with Gasteiger partial charge in [0.1, 0.15) is 5.82 Å². The zero-order chi connectivity index (χ0) is 18.4. The number of aliphatic hydroxyl groups is 1. The molecule has 0 amide bonds. The number of fused-ring (bicyclic) bond motifs is 1. The Balaban J connectivity index is 1.56. The van der Waals surface area contributed by atoms with Crippen LogP contribution in [0.1, 0.15) is 37.9 Å². The number of halogens is 1. The molecule has 0 aromatic carbocycles. The van der Waals surface area contributed by atoms with Gasteiger partial charge in [0.25, 0.3) is 0 Å². The van der Waals surface area contributed by atoms with E-state index in [1.54, 1.807) is 6.20 Å². The Bertz CT molecular complexity index is 793. The molecule has 3 atom stereocenters. The number of nitrogen functional groups attached to an aromatic ring is 1. The number of hydrogen-bond donors (Lipinski definition) is 2. The summed E-state index contributed by atoms with van der Waals surface area (Å²) in [6.45, 7) is 7.87. The molecule has 2 aromatic heterocycles. The lowest BCUT2D eigenvalue weighted by Gasteiger charge is -2.19. The Morgan fingerprint density at radius 1 is 1.31 bits per heavy atom. The minimum absolute atomic E-state index is 0.275. The van der Waals surface area contributed by atoms with Crippen LogP contribution < -0.4 is 5.73 Å². The van der Waals surface area contributed by atoms with E-state index in [1.807, 2.05) is 6.07 Å². The highest BCUT2D eigenvalue weighted by molar-refractivity contribution is 6.33. The monoisotopic (exact) mass is 375 g/mol. The molecule has 2 fully saturated rings. The van der Waals surface area contributed by atoms with Crippen molar-refractivity contribution in [2.24, 2.45) is 11.8 Å². The first-order chi connectivity index (χ1) is 12.5. The van der Waals surface area contributed by atoms with Crippen LogP contribution in [-0.2, 0) is 0 Å². The molecule has 0 bridgehead atoms. The highest BCUT2D eigenvalue weighted by Gasteiger charge is 2.57. The van der Waals surface area contributed by atoms with Crippen LogP contribution >= 0.6 is 11.6 Å². The predicted molar refractivity (Wildman–Crippen MR) is 103 cm³/mol. The number of aliphatic hydroxyl groups excluding tert-OH is 1. The molecule has 4 rings (SSSR count). The third-order valence-electron chi connectivity index (χ3n) is 5.66. The number of nitrogens with two attached hydrogens (primary N) is 1. The summed E-state index contributed by atoms with van der Waals surface area (Å²) in [6, 6.07) is 4.35. The van der Waals surface area contributed by atoms with Crippen molar-refractivity contribution in [2.75, 3.05) is 32.0 Å². The first kappa shape index (κ1) is 17.8. The summed E-state index contributed by atoms with van der Waals surface area (Å²) in [4.78, 5) is 6.64. The average molecular weight is 376 g/mol. The SMILES string of the molecule is CC(C)n1nc(-c2cnc(N)c(Cl)c2)cc1[C@H]1[C@@H]2CN(CCCO)C[C@@H]21. The molecule has 140 valence electrons. The first-order valence-corrected chi connectivity index (χ1v) is 9.71. The van der Waals surface area contributed by atoms with Gasteiger partial charge in [-0.2, -0.15) is 5.10 Å². The van der Waals surface area contributed by atoms with Gasteiger partial charge in [-0.3, -0.25) is 4.68 Å². The number of piperidine rings is 1. The summed E-state index contributed by atoms with van der Waals surface area (Å²) in [7, 11) is 0. The Labute approximate surface area is 159 Å². The number of pyridine rings is 1. The fraction of sp³-hybridized carbons (Fsp3) is 0.579. The van der Waals surface area contributed by atoms with Crippen molar-refractivity contribution >= 4 is 17.4 Å². The Morgan fingerprint density at radius 2 is 2.04 bits per heavy atom. The molecule has 0 radical (unpaired) electrons. The number of aromatic nitrogens is 3. The standard InChI is InChI=1S/C19H26ClN5O/c1-11(2)25-17(18-13-9-24(4-3-5-26)10-14(13)18)7-16(23-25)12-6-15(20)19(21)22-8-12/h6-8,11,13-14,18,26H,3-5,9-10H2,1-2H3,(H2,21,22)/t13-,14+,18+.